The van der Waals surface area contributed by atoms with Crippen molar-refractivity contribution in [3.05, 3.63) is 35.9 Å². The van der Waals surface area contributed by atoms with Gasteiger partial charge in [-0.05, 0) is 30.7 Å². The van der Waals surface area contributed by atoms with Crippen molar-refractivity contribution in [1.29, 1.82) is 0 Å². The first-order chi connectivity index (χ1) is 11.6. The van der Waals surface area contributed by atoms with Crippen molar-refractivity contribution in [2.24, 2.45) is 11.7 Å². The van der Waals surface area contributed by atoms with Crippen LogP contribution in [0.25, 0.3) is 0 Å². The highest BCUT2D eigenvalue weighted by Gasteiger charge is 2.39. The largest absolute Gasteiger partial charge is 0.461 e. The molecule has 0 aromatic heterocycles. The van der Waals surface area contributed by atoms with E-state index in [9.17, 15) is 9.59 Å². The second kappa shape index (κ2) is 7.79. The van der Waals surface area contributed by atoms with Gasteiger partial charge in [0.1, 0.15) is 6.61 Å². The molecule has 3 rings (SSSR count). The average molecular weight is 330 g/mol. The summed E-state index contributed by atoms with van der Waals surface area (Å²) in [6, 6.07) is 9.02. The van der Waals surface area contributed by atoms with Crippen LogP contribution in [-0.2, 0) is 20.9 Å². The monoisotopic (exact) mass is 330 g/mol. The third-order valence-corrected chi connectivity index (χ3v) is 5.24. The van der Waals surface area contributed by atoms with Crippen LogP contribution in [0.15, 0.2) is 30.3 Å². The Hall–Kier alpha value is -1.88. The lowest BCUT2D eigenvalue weighted by Crippen LogP contribution is -2.48. The molecular formula is C19H26N2O3. The van der Waals surface area contributed by atoms with Crippen LogP contribution in [0.5, 0.6) is 0 Å². The minimum atomic E-state index is -0.797. The Morgan fingerprint density at radius 3 is 2.71 bits per heavy atom. The highest BCUT2D eigenvalue weighted by Crippen LogP contribution is 2.36. The molecule has 0 spiro atoms. The van der Waals surface area contributed by atoms with E-state index in [2.05, 4.69) is 0 Å². The number of hydrogen-bond acceptors (Lipinski definition) is 4. The molecule has 0 bridgehead atoms. The first-order valence-electron chi connectivity index (χ1n) is 8.91. The molecule has 1 saturated heterocycles. The van der Waals surface area contributed by atoms with Crippen molar-refractivity contribution in [2.45, 2.75) is 57.2 Å². The lowest BCUT2D eigenvalue weighted by atomic mass is 9.85. The molecule has 1 heterocycles. The van der Waals surface area contributed by atoms with Gasteiger partial charge in [0.2, 0.25) is 5.91 Å². The Balaban J connectivity index is 1.48. The number of likely N-dealkylation sites (tertiary alicyclic amines) is 1. The molecule has 24 heavy (non-hydrogen) atoms. The molecule has 2 N–H and O–H groups in total. The molecule has 2 fully saturated rings. The topological polar surface area (TPSA) is 72.6 Å². The van der Waals surface area contributed by atoms with E-state index in [1.54, 1.807) is 0 Å². The Morgan fingerprint density at radius 1 is 1.17 bits per heavy atom. The molecule has 130 valence electrons. The first kappa shape index (κ1) is 17.0. The molecule has 1 aliphatic heterocycles. The summed E-state index contributed by atoms with van der Waals surface area (Å²) in [5.41, 5.74) is 6.92. The van der Waals surface area contributed by atoms with E-state index in [-0.39, 0.29) is 18.9 Å². The number of nitrogens with two attached hydrogens (primary N) is 1. The number of benzene rings is 1. The molecule has 5 nitrogen and oxygen atoms in total. The van der Waals surface area contributed by atoms with E-state index < -0.39 is 12.0 Å². The van der Waals surface area contributed by atoms with Crippen molar-refractivity contribution >= 4 is 11.9 Å². The molecule has 1 aliphatic carbocycles. The maximum absolute atomic E-state index is 12.6. The molecule has 5 heteroatoms. The quantitative estimate of drug-likeness (QED) is 0.840. The normalized spacial score (nSPS) is 24.3. The molecule has 2 aliphatic rings. The van der Waals surface area contributed by atoms with Crippen LogP contribution in [0.2, 0.25) is 0 Å². The summed E-state index contributed by atoms with van der Waals surface area (Å²) in [7, 11) is 0. The van der Waals surface area contributed by atoms with Crippen LogP contribution in [0.4, 0.5) is 0 Å². The van der Waals surface area contributed by atoms with E-state index in [4.69, 9.17) is 10.5 Å². The van der Waals surface area contributed by atoms with Crippen molar-refractivity contribution < 1.29 is 14.3 Å². The Kier molecular flexibility index (Phi) is 5.51. The van der Waals surface area contributed by atoms with Gasteiger partial charge in [0.05, 0.1) is 12.5 Å². The average Bonchev–Trinajstić information content (AvgIpc) is 3.04. The van der Waals surface area contributed by atoms with Crippen LogP contribution in [0.1, 0.15) is 44.1 Å². The van der Waals surface area contributed by atoms with Crippen molar-refractivity contribution in [1.82, 2.24) is 4.90 Å². The second-order valence-corrected chi connectivity index (χ2v) is 6.89. The van der Waals surface area contributed by atoms with E-state index >= 15 is 0 Å². The maximum atomic E-state index is 12.6. The summed E-state index contributed by atoms with van der Waals surface area (Å²) in [4.78, 5) is 26.5. The number of esters is 1. The van der Waals surface area contributed by atoms with Gasteiger partial charge in [-0.25, -0.2) is 0 Å². The number of carbonyl (C=O) groups excluding carboxylic acids is 2. The Labute approximate surface area is 143 Å². The predicted molar refractivity (Wildman–Crippen MR) is 90.9 cm³/mol. The van der Waals surface area contributed by atoms with Crippen LogP contribution in [-0.4, -0.2) is 35.4 Å². The third-order valence-electron chi connectivity index (χ3n) is 5.24. The lowest BCUT2D eigenvalue weighted by molar-refractivity contribution is -0.148. The second-order valence-electron chi connectivity index (χ2n) is 6.89. The smallest absolute Gasteiger partial charge is 0.308 e. The van der Waals surface area contributed by atoms with Crippen molar-refractivity contribution in [3.63, 3.8) is 0 Å². The molecule has 1 aromatic carbocycles. The van der Waals surface area contributed by atoms with Gasteiger partial charge in [-0.1, -0.05) is 43.2 Å². The number of amides is 1. The van der Waals surface area contributed by atoms with E-state index in [1.807, 2.05) is 35.2 Å². The van der Waals surface area contributed by atoms with Gasteiger partial charge in [-0.15, -0.1) is 0 Å². The van der Waals surface area contributed by atoms with Crippen molar-refractivity contribution in [3.8, 4) is 0 Å². The van der Waals surface area contributed by atoms with E-state index in [0.29, 0.717) is 12.0 Å². The molecule has 3 atom stereocenters. The van der Waals surface area contributed by atoms with Crippen LogP contribution < -0.4 is 5.73 Å². The summed E-state index contributed by atoms with van der Waals surface area (Å²) in [5.74, 6) is 0.111. The fourth-order valence-corrected chi connectivity index (χ4v) is 3.96. The summed E-state index contributed by atoms with van der Waals surface area (Å²) in [6.07, 6.45) is 5.74. The van der Waals surface area contributed by atoms with Gasteiger partial charge in [-0.2, -0.15) is 0 Å². The minimum absolute atomic E-state index is 0.0560. The number of ether oxygens (including phenoxy) is 1. The third kappa shape index (κ3) is 3.96. The summed E-state index contributed by atoms with van der Waals surface area (Å²) < 4.78 is 5.23. The molecule has 2 unspecified atom stereocenters. The number of carbonyl (C=O) groups is 2. The SMILES string of the molecule is N[C@@H](CC(=O)OCc1ccccc1)C(=O)N1CCC2CCCCC21. The van der Waals surface area contributed by atoms with Crippen LogP contribution >= 0.6 is 0 Å². The molecule has 1 amide bonds. The predicted octanol–water partition coefficient (Wildman–Crippen LogP) is 2.24. The highest BCUT2D eigenvalue weighted by atomic mass is 16.5. The van der Waals surface area contributed by atoms with Crippen LogP contribution in [0.3, 0.4) is 0 Å². The molecule has 0 radical (unpaired) electrons. The van der Waals surface area contributed by atoms with Gasteiger partial charge in [0, 0.05) is 12.6 Å². The zero-order valence-corrected chi connectivity index (χ0v) is 14.0. The van der Waals surface area contributed by atoms with E-state index in [1.165, 1.54) is 19.3 Å². The summed E-state index contributed by atoms with van der Waals surface area (Å²) in [5, 5.41) is 0. The van der Waals surface area contributed by atoms with Gasteiger partial charge >= 0.3 is 5.97 Å². The molecule has 1 aromatic rings. The fraction of sp³-hybridized carbons (Fsp3) is 0.579. The number of nitrogens with zero attached hydrogens (tertiary/aromatic N) is 1. The van der Waals surface area contributed by atoms with Crippen molar-refractivity contribution in [2.75, 3.05) is 6.54 Å². The molecular weight excluding hydrogens is 304 g/mol. The highest BCUT2D eigenvalue weighted by molar-refractivity contribution is 5.86. The minimum Gasteiger partial charge on any atom is -0.461 e. The Morgan fingerprint density at radius 2 is 1.92 bits per heavy atom. The van der Waals surface area contributed by atoms with Gasteiger partial charge in [0.25, 0.3) is 0 Å². The number of rotatable bonds is 5. The van der Waals surface area contributed by atoms with Crippen LogP contribution in [0, 0.1) is 5.92 Å². The standard InChI is InChI=1S/C19H26N2O3/c20-16(12-18(22)24-13-14-6-2-1-3-7-14)19(23)21-11-10-15-8-4-5-9-17(15)21/h1-3,6-7,15-17H,4-5,8-13,20H2/t15?,16-,17?/m0/s1. The van der Waals surface area contributed by atoms with Gasteiger partial charge in [0.15, 0.2) is 0 Å². The zero-order valence-electron chi connectivity index (χ0n) is 14.0. The molecule has 1 saturated carbocycles. The first-order valence-corrected chi connectivity index (χ1v) is 8.91. The summed E-state index contributed by atoms with van der Waals surface area (Å²) >= 11 is 0. The van der Waals surface area contributed by atoms with E-state index in [0.717, 1.165) is 24.9 Å². The number of hydrogen-bond donors (Lipinski definition) is 1. The van der Waals surface area contributed by atoms with Gasteiger partial charge < -0.3 is 15.4 Å². The maximum Gasteiger partial charge on any atom is 0.308 e. The summed E-state index contributed by atoms with van der Waals surface area (Å²) in [6.45, 7) is 0.996. The lowest BCUT2D eigenvalue weighted by Gasteiger charge is -2.33. The Bertz CT molecular complexity index is 575. The number of fused-ring (bicyclic) bond motifs is 1. The zero-order chi connectivity index (χ0) is 16.9. The van der Waals surface area contributed by atoms with Gasteiger partial charge in [-0.3, -0.25) is 9.59 Å². The fourth-order valence-electron chi connectivity index (χ4n) is 3.96.